The molecular weight excluding hydrogens is 254 g/mol. The van der Waals surface area contributed by atoms with E-state index < -0.39 is 0 Å². The second kappa shape index (κ2) is 5.70. The molecule has 0 bridgehead atoms. The van der Waals surface area contributed by atoms with Crippen LogP contribution in [0.1, 0.15) is 36.8 Å². The van der Waals surface area contributed by atoms with Crippen molar-refractivity contribution in [3.63, 3.8) is 0 Å². The van der Waals surface area contributed by atoms with Gasteiger partial charge in [-0.05, 0) is 37.4 Å². The number of nitrogens with one attached hydrogen (secondary N) is 1. The minimum atomic E-state index is 0.282. The van der Waals surface area contributed by atoms with E-state index in [2.05, 4.69) is 32.2 Å². The van der Waals surface area contributed by atoms with E-state index >= 15 is 0 Å². The van der Waals surface area contributed by atoms with E-state index in [1.54, 1.807) is 11.3 Å². The number of rotatable bonds is 4. The summed E-state index contributed by atoms with van der Waals surface area (Å²) < 4.78 is 6.78. The fourth-order valence-corrected chi connectivity index (χ4v) is 3.71. The van der Waals surface area contributed by atoms with Crippen LogP contribution < -0.4 is 5.32 Å². The van der Waals surface area contributed by atoms with Crippen LogP contribution in [0.25, 0.3) is 0 Å². The van der Waals surface area contributed by atoms with Crippen LogP contribution in [-0.2, 0) is 4.74 Å². The second-order valence-corrected chi connectivity index (χ2v) is 6.43. The zero-order valence-corrected chi connectivity index (χ0v) is 12.2. The van der Waals surface area contributed by atoms with Gasteiger partial charge in [0, 0.05) is 11.5 Å². The molecule has 1 fully saturated rings. The number of thiophene rings is 1. The third-order valence-electron chi connectivity index (χ3n) is 3.38. The van der Waals surface area contributed by atoms with Gasteiger partial charge in [0.05, 0.1) is 16.5 Å². The predicted octanol–water partition coefficient (Wildman–Crippen LogP) is 3.79. The molecule has 0 radical (unpaired) electrons. The molecule has 2 nitrogen and oxygen atoms in total. The highest BCUT2D eigenvalue weighted by atomic mass is 35.5. The van der Waals surface area contributed by atoms with E-state index in [9.17, 15) is 0 Å². The molecular formula is C13H20ClNOS. The van der Waals surface area contributed by atoms with Gasteiger partial charge in [0.15, 0.2) is 0 Å². The third kappa shape index (κ3) is 2.84. The molecule has 0 aromatic carbocycles. The average molecular weight is 274 g/mol. The highest BCUT2D eigenvalue weighted by molar-refractivity contribution is 7.16. The lowest BCUT2D eigenvalue weighted by Crippen LogP contribution is -2.34. The van der Waals surface area contributed by atoms with E-state index in [1.165, 1.54) is 10.4 Å². The molecule has 0 amide bonds. The Balaban J connectivity index is 2.21. The summed E-state index contributed by atoms with van der Waals surface area (Å²) in [6.07, 6.45) is 1.44. The number of hydrogen-bond acceptors (Lipinski definition) is 3. The molecule has 1 aliphatic heterocycles. The van der Waals surface area contributed by atoms with Gasteiger partial charge in [-0.2, -0.15) is 0 Å². The smallest absolute Gasteiger partial charge is 0.0960 e. The minimum Gasteiger partial charge on any atom is -0.376 e. The summed E-state index contributed by atoms with van der Waals surface area (Å²) in [5.41, 5.74) is 1.17. The van der Waals surface area contributed by atoms with Crippen LogP contribution in [0.15, 0.2) is 6.07 Å². The summed E-state index contributed by atoms with van der Waals surface area (Å²) in [4.78, 5) is 1.30. The largest absolute Gasteiger partial charge is 0.376 e. The van der Waals surface area contributed by atoms with Gasteiger partial charge < -0.3 is 10.1 Å². The maximum absolute atomic E-state index is 6.17. The van der Waals surface area contributed by atoms with Crippen LogP contribution in [-0.4, -0.2) is 19.3 Å². The first kappa shape index (κ1) is 13.3. The van der Waals surface area contributed by atoms with Crippen molar-refractivity contribution >= 4 is 22.9 Å². The number of hydrogen-bond donors (Lipinski definition) is 1. The fourth-order valence-electron chi connectivity index (χ4n) is 2.38. The zero-order chi connectivity index (χ0) is 12.4. The molecule has 1 aromatic heterocycles. The molecule has 1 aromatic rings. The van der Waals surface area contributed by atoms with E-state index in [0.29, 0.717) is 5.92 Å². The molecule has 4 heteroatoms. The molecule has 1 aliphatic rings. The quantitative estimate of drug-likeness (QED) is 0.901. The van der Waals surface area contributed by atoms with E-state index in [4.69, 9.17) is 16.3 Å². The van der Waals surface area contributed by atoms with Crippen LogP contribution in [0.3, 0.4) is 0 Å². The monoisotopic (exact) mass is 273 g/mol. The summed E-state index contributed by atoms with van der Waals surface area (Å²) in [6.45, 7) is 8.29. The molecule has 1 saturated heterocycles. The molecule has 0 saturated carbocycles. The van der Waals surface area contributed by atoms with Crippen molar-refractivity contribution in [1.82, 2.24) is 5.32 Å². The second-order valence-electron chi connectivity index (χ2n) is 4.74. The van der Waals surface area contributed by atoms with E-state index in [1.807, 2.05) is 0 Å². The fraction of sp³-hybridized carbons (Fsp3) is 0.692. The van der Waals surface area contributed by atoms with Gasteiger partial charge in [-0.1, -0.05) is 25.4 Å². The van der Waals surface area contributed by atoms with Crippen LogP contribution >= 0.6 is 22.9 Å². The van der Waals surface area contributed by atoms with E-state index in [-0.39, 0.29) is 12.1 Å². The molecule has 2 heterocycles. The van der Waals surface area contributed by atoms with E-state index in [0.717, 1.165) is 23.9 Å². The van der Waals surface area contributed by atoms with Gasteiger partial charge in [-0.3, -0.25) is 0 Å². The number of aryl methyl sites for hydroxylation is 1. The van der Waals surface area contributed by atoms with Gasteiger partial charge in [-0.15, -0.1) is 11.3 Å². The van der Waals surface area contributed by atoms with Crippen LogP contribution in [0.4, 0.5) is 0 Å². The number of halogens is 1. The van der Waals surface area contributed by atoms with Crippen molar-refractivity contribution in [3.8, 4) is 0 Å². The van der Waals surface area contributed by atoms with Gasteiger partial charge in [0.1, 0.15) is 0 Å². The lowest BCUT2D eigenvalue weighted by Gasteiger charge is -2.25. The summed E-state index contributed by atoms with van der Waals surface area (Å²) in [5, 5.41) is 3.54. The Morgan fingerprint density at radius 3 is 2.88 bits per heavy atom. The highest BCUT2D eigenvalue weighted by Crippen LogP contribution is 2.37. The number of ether oxygens (including phenoxy) is 1. The maximum Gasteiger partial charge on any atom is 0.0960 e. The Morgan fingerprint density at radius 2 is 2.41 bits per heavy atom. The Morgan fingerprint density at radius 1 is 1.65 bits per heavy atom. The number of likely N-dealkylation sites (N-methyl/N-ethyl adjacent to an activating group) is 1. The first-order valence-corrected chi connectivity index (χ1v) is 7.43. The Kier molecular flexibility index (Phi) is 4.47. The lowest BCUT2D eigenvalue weighted by atomic mass is 9.96. The summed E-state index contributed by atoms with van der Waals surface area (Å²) >= 11 is 7.84. The van der Waals surface area contributed by atoms with Crippen molar-refractivity contribution in [3.05, 3.63) is 20.8 Å². The van der Waals surface area contributed by atoms with Crippen molar-refractivity contribution in [2.45, 2.75) is 39.3 Å². The third-order valence-corrected chi connectivity index (χ3v) is 5.02. The SMILES string of the molecule is CCNC(c1cc(C)c(Cl)s1)C1OCCC1C. The molecule has 2 rings (SSSR count). The van der Waals surface area contributed by atoms with Gasteiger partial charge in [0.2, 0.25) is 0 Å². The summed E-state index contributed by atoms with van der Waals surface area (Å²) in [7, 11) is 0. The Bertz CT molecular complexity index is 360. The highest BCUT2D eigenvalue weighted by Gasteiger charge is 2.33. The minimum absolute atomic E-state index is 0.282. The summed E-state index contributed by atoms with van der Waals surface area (Å²) in [5.74, 6) is 0.611. The molecule has 3 atom stereocenters. The molecule has 96 valence electrons. The van der Waals surface area contributed by atoms with Crippen LogP contribution in [0, 0.1) is 12.8 Å². The first-order valence-electron chi connectivity index (χ1n) is 6.24. The van der Waals surface area contributed by atoms with Crippen molar-refractivity contribution in [2.24, 2.45) is 5.92 Å². The normalized spacial score (nSPS) is 26.4. The van der Waals surface area contributed by atoms with Gasteiger partial charge >= 0.3 is 0 Å². The average Bonchev–Trinajstić information content (AvgIpc) is 2.83. The van der Waals surface area contributed by atoms with Crippen LogP contribution in [0.5, 0.6) is 0 Å². The molecule has 0 spiro atoms. The molecule has 1 N–H and O–H groups in total. The molecule has 3 unspecified atom stereocenters. The Hall–Kier alpha value is -0.0900. The molecule has 0 aliphatic carbocycles. The lowest BCUT2D eigenvalue weighted by molar-refractivity contribution is 0.0622. The van der Waals surface area contributed by atoms with Gasteiger partial charge in [-0.25, -0.2) is 0 Å². The Labute approximate surface area is 112 Å². The van der Waals surface area contributed by atoms with Crippen molar-refractivity contribution < 1.29 is 4.74 Å². The summed E-state index contributed by atoms with van der Waals surface area (Å²) in [6, 6.07) is 2.48. The van der Waals surface area contributed by atoms with Crippen LogP contribution in [0.2, 0.25) is 4.34 Å². The van der Waals surface area contributed by atoms with Crippen molar-refractivity contribution in [1.29, 1.82) is 0 Å². The van der Waals surface area contributed by atoms with Gasteiger partial charge in [0.25, 0.3) is 0 Å². The zero-order valence-electron chi connectivity index (χ0n) is 10.6. The predicted molar refractivity (Wildman–Crippen MR) is 74.0 cm³/mol. The topological polar surface area (TPSA) is 21.3 Å². The maximum atomic E-state index is 6.17. The van der Waals surface area contributed by atoms with Crippen molar-refractivity contribution in [2.75, 3.05) is 13.2 Å². The standard InChI is InChI=1S/C13H20ClNOS/c1-4-15-11(12-8(2)5-6-16-12)10-7-9(3)13(14)17-10/h7-8,11-12,15H,4-6H2,1-3H3. The first-order chi connectivity index (χ1) is 8.13. The molecule has 17 heavy (non-hydrogen) atoms.